The number of rotatable bonds is 3. The molecule has 1 aromatic heterocycles. The molecule has 0 saturated heterocycles. The monoisotopic (exact) mass is 243 g/mol. The van der Waals surface area contributed by atoms with Gasteiger partial charge in [0.15, 0.2) is 5.15 Å². The molecule has 0 aromatic carbocycles. The van der Waals surface area contributed by atoms with Crippen LogP contribution >= 0.6 is 23.2 Å². The third-order valence-electron chi connectivity index (χ3n) is 2.69. The molecule has 0 spiro atoms. The van der Waals surface area contributed by atoms with Gasteiger partial charge in [0.2, 0.25) is 0 Å². The Morgan fingerprint density at radius 1 is 1.07 bits per heavy atom. The van der Waals surface area contributed by atoms with Crippen LogP contribution in [0.4, 0.5) is 5.82 Å². The first-order chi connectivity index (χ1) is 7.24. The molecule has 80 valence electrons. The van der Waals surface area contributed by atoms with Crippen molar-refractivity contribution in [1.82, 2.24) is 9.97 Å². The number of nitrogens with one attached hydrogen (secondary N) is 1. The average molecular weight is 244 g/mol. The molecule has 0 amide bonds. The summed E-state index contributed by atoms with van der Waals surface area (Å²) < 4.78 is 0. The van der Waals surface area contributed by atoms with E-state index in [9.17, 15) is 0 Å². The number of hydrogen-bond donors (Lipinski definition) is 1. The Balaban J connectivity index is 1.93. The third-order valence-corrected chi connectivity index (χ3v) is 3.42. The topological polar surface area (TPSA) is 37.8 Å². The second-order valence-corrected chi connectivity index (χ2v) is 4.96. The zero-order valence-corrected chi connectivity index (χ0v) is 9.65. The van der Waals surface area contributed by atoms with Crippen LogP contribution in [0.1, 0.15) is 37.4 Å². The quantitative estimate of drug-likeness (QED) is 0.829. The smallest absolute Gasteiger partial charge is 0.153 e. The fourth-order valence-electron chi connectivity index (χ4n) is 1.48. The maximum Gasteiger partial charge on any atom is 0.153 e. The van der Waals surface area contributed by atoms with Gasteiger partial charge in [0.05, 0.1) is 0 Å². The standard InChI is InChI=1S/C10H11Cl2N3/c11-7-8(12)14-9(5-1-2-5)15-10(7)13-6-3-4-6/h5-6H,1-4H2,(H,13,14,15). The summed E-state index contributed by atoms with van der Waals surface area (Å²) in [5, 5.41) is 4.10. The zero-order chi connectivity index (χ0) is 10.4. The fourth-order valence-corrected chi connectivity index (χ4v) is 1.79. The lowest BCUT2D eigenvalue weighted by atomic mass is 10.4. The first-order valence-corrected chi connectivity index (χ1v) is 5.99. The molecule has 3 nitrogen and oxygen atoms in total. The van der Waals surface area contributed by atoms with Crippen molar-refractivity contribution in [1.29, 1.82) is 0 Å². The van der Waals surface area contributed by atoms with Crippen LogP contribution in [0.5, 0.6) is 0 Å². The minimum atomic E-state index is 0.372. The van der Waals surface area contributed by atoms with Gasteiger partial charge in [-0.2, -0.15) is 0 Å². The summed E-state index contributed by atoms with van der Waals surface area (Å²) >= 11 is 12.0. The van der Waals surface area contributed by atoms with Crippen molar-refractivity contribution in [3.8, 4) is 0 Å². The Bertz CT molecular complexity index is 400. The summed E-state index contributed by atoms with van der Waals surface area (Å²) in [5.41, 5.74) is 0. The lowest BCUT2D eigenvalue weighted by molar-refractivity contribution is 0.921. The van der Waals surface area contributed by atoms with Crippen LogP contribution in [0.3, 0.4) is 0 Å². The van der Waals surface area contributed by atoms with E-state index in [4.69, 9.17) is 23.2 Å². The minimum Gasteiger partial charge on any atom is -0.366 e. The molecular weight excluding hydrogens is 233 g/mol. The molecule has 0 atom stereocenters. The van der Waals surface area contributed by atoms with Gasteiger partial charge in [-0.05, 0) is 25.7 Å². The Hall–Kier alpha value is -0.540. The number of nitrogens with zero attached hydrogens (tertiary/aromatic N) is 2. The highest BCUT2D eigenvalue weighted by atomic mass is 35.5. The molecule has 5 heteroatoms. The molecule has 15 heavy (non-hydrogen) atoms. The molecule has 0 bridgehead atoms. The number of halogens is 2. The fraction of sp³-hybridized carbons (Fsp3) is 0.600. The van der Waals surface area contributed by atoms with Crippen LogP contribution in [-0.4, -0.2) is 16.0 Å². The van der Waals surface area contributed by atoms with E-state index < -0.39 is 0 Å². The molecule has 1 heterocycles. The summed E-state index contributed by atoms with van der Waals surface area (Å²) in [7, 11) is 0. The van der Waals surface area contributed by atoms with Crippen LogP contribution in [0.2, 0.25) is 10.2 Å². The molecular formula is C10H11Cl2N3. The molecule has 1 N–H and O–H groups in total. The van der Waals surface area contributed by atoms with Crippen molar-refractivity contribution >= 4 is 29.0 Å². The number of anilines is 1. The number of aromatic nitrogens is 2. The predicted molar refractivity (Wildman–Crippen MR) is 60.7 cm³/mol. The summed E-state index contributed by atoms with van der Waals surface area (Å²) in [6, 6.07) is 0.528. The third kappa shape index (κ3) is 2.04. The van der Waals surface area contributed by atoms with Crippen molar-refractivity contribution in [3.63, 3.8) is 0 Å². The second-order valence-electron chi connectivity index (χ2n) is 4.23. The van der Waals surface area contributed by atoms with Gasteiger partial charge >= 0.3 is 0 Å². The first-order valence-electron chi connectivity index (χ1n) is 5.23. The molecule has 0 radical (unpaired) electrons. The highest BCUT2D eigenvalue weighted by Gasteiger charge is 2.29. The molecule has 0 aliphatic heterocycles. The molecule has 0 unspecified atom stereocenters. The van der Waals surface area contributed by atoms with E-state index in [0.29, 0.717) is 28.0 Å². The van der Waals surface area contributed by atoms with Crippen molar-refractivity contribution in [2.45, 2.75) is 37.6 Å². The largest absolute Gasteiger partial charge is 0.366 e. The summed E-state index contributed by atoms with van der Waals surface area (Å²) in [6.07, 6.45) is 4.72. The van der Waals surface area contributed by atoms with Crippen LogP contribution in [0.15, 0.2) is 0 Å². The van der Waals surface area contributed by atoms with Gasteiger partial charge in [-0.15, -0.1) is 0 Å². The molecule has 2 saturated carbocycles. The van der Waals surface area contributed by atoms with Crippen LogP contribution in [0, 0.1) is 0 Å². The minimum absolute atomic E-state index is 0.372. The van der Waals surface area contributed by atoms with E-state index in [1.54, 1.807) is 0 Å². The van der Waals surface area contributed by atoms with E-state index in [2.05, 4.69) is 15.3 Å². The van der Waals surface area contributed by atoms with Gasteiger partial charge in [0, 0.05) is 12.0 Å². The molecule has 2 aliphatic carbocycles. The van der Waals surface area contributed by atoms with Crippen molar-refractivity contribution < 1.29 is 0 Å². The highest BCUT2D eigenvalue weighted by molar-refractivity contribution is 6.42. The van der Waals surface area contributed by atoms with Gasteiger partial charge in [-0.3, -0.25) is 0 Å². The van der Waals surface area contributed by atoms with E-state index in [-0.39, 0.29) is 0 Å². The van der Waals surface area contributed by atoms with Crippen LogP contribution < -0.4 is 5.32 Å². The van der Waals surface area contributed by atoms with E-state index in [0.717, 1.165) is 5.82 Å². The molecule has 2 fully saturated rings. The van der Waals surface area contributed by atoms with E-state index in [1.165, 1.54) is 25.7 Å². The average Bonchev–Trinajstić information content (AvgIpc) is 3.03. The molecule has 1 aromatic rings. The summed E-state index contributed by atoms with van der Waals surface area (Å²) in [5.74, 6) is 2.05. The summed E-state index contributed by atoms with van der Waals surface area (Å²) in [4.78, 5) is 8.64. The molecule has 3 rings (SSSR count). The lowest BCUT2D eigenvalue weighted by Crippen LogP contribution is -2.06. The Labute approximate surface area is 98.2 Å². The Morgan fingerprint density at radius 2 is 1.80 bits per heavy atom. The van der Waals surface area contributed by atoms with E-state index >= 15 is 0 Å². The van der Waals surface area contributed by atoms with Crippen molar-refractivity contribution in [3.05, 3.63) is 16.0 Å². The maximum atomic E-state index is 6.04. The van der Waals surface area contributed by atoms with Gasteiger partial charge in [0.1, 0.15) is 16.7 Å². The highest BCUT2D eigenvalue weighted by Crippen LogP contribution is 2.41. The zero-order valence-electron chi connectivity index (χ0n) is 8.13. The predicted octanol–water partition coefficient (Wildman–Crippen LogP) is 3.24. The van der Waals surface area contributed by atoms with Gasteiger partial charge in [-0.1, -0.05) is 23.2 Å². The van der Waals surface area contributed by atoms with Crippen molar-refractivity contribution in [2.75, 3.05) is 5.32 Å². The first kappa shape index (κ1) is 9.67. The maximum absolute atomic E-state index is 6.04. The SMILES string of the molecule is Clc1nc(C2CC2)nc(NC2CC2)c1Cl. The van der Waals surface area contributed by atoms with Gasteiger partial charge in [-0.25, -0.2) is 9.97 Å². The second kappa shape index (κ2) is 3.49. The van der Waals surface area contributed by atoms with Gasteiger partial charge in [0.25, 0.3) is 0 Å². The lowest BCUT2D eigenvalue weighted by Gasteiger charge is -2.08. The van der Waals surface area contributed by atoms with Gasteiger partial charge < -0.3 is 5.32 Å². The number of hydrogen-bond acceptors (Lipinski definition) is 3. The Morgan fingerprint density at radius 3 is 2.40 bits per heavy atom. The van der Waals surface area contributed by atoms with Crippen molar-refractivity contribution in [2.24, 2.45) is 0 Å². The normalized spacial score (nSPS) is 20.4. The van der Waals surface area contributed by atoms with E-state index in [1.807, 2.05) is 0 Å². The Kier molecular flexibility index (Phi) is 2.25. The summed E-state index contributed by atoms with van der Waals surface area (Å²) in [6.45, 7) is 0. The van der Waals surface area contributed by atoms with Crippen LogP contribution in [0.25, 0.3) is 0 Å². The van der Waals surface area contributed by atoms with Crippen LogP contribution in [-0.2, 0) is 0 Å². The molecule has 2 aliphatic rings.